The fourth-order valence-corrected chi connectivity index (χ4v) is 2.69. The van der Waals surface area contributed by atoms with Crippen molar-refractivity contribution < 1.29 is 4.74 Å². The van der Waals surface area contributed by atoms with Crippen molar-refractivity contribution in [1.29, 1.82) is 0 Å². The number of aryl methyl sites for hydroxylation is 2. The lowest BCUT2D eigenvalue weighted by atomic mass is 10.0. The van der Waals surface area contributed by atoms with Crippen LogP contribution in [0.4, 0.5) is 5.69 Å². The molecule has 0 aromatic heterocycles. The first-order valence-electron chi connectivity index (χ1n) is 6.40. The molecule has 3 heteroatoms. The molecule has 0 spiro atoms. The van der Waals surface area contributed by atoms with Crippen molar-refractivity contribution >= 4 is 17.3 Å². The molecule has 1 atom stereocenters. The predicted octanol–water partition coefficient (Wildman–Crippen LogP) is 4.50. The first kappa shape index (κ1) is 12.4. The van der Waals surface area contributed by atoms with Crippen LogP contribution in [0, 0.1) is 13.8 Å². The summed E-state index contributed by atoms with van der Waals surface area (Å²) in [5.74, 6) is 0.861. The molecular formula is C16H16ClNO. The summed E-state index contributed by atoms with van der Waals surface area (Å²) in [5, 5.41) is 4.10. The van der Waals surface area contributed by atoms with Crippen LogP contribution in [-0.2, 0) is 0 Å². The molecule has 98 valence electrons. The smallest absolute Gasteiger partial charge is 0.143 e. The Bertz CT molecular complexity index is 604. The Labute approximate surface area is 118 Å². The Morgan fingerprint density at radius 2 is 1.84 bits per heavy atom. The molecule has 3 rings (SSSR count). The van der Waals surface area contributed by atoms with E-state index in [-0.39, 0.29) is 6.10 Å². The van der Waals surface area contributed by atoms with Crippen LogP contribution in [0.3, 0.4) is 0 Å². The minimum absolute atomic E-state index is 0.0484. The highest BCUT2D eigenvalue weighted by molar-refractivity contribution is 6.30. The van der Waals surface area contributed by atoms with Crippen LogP contribution in [0.5, 0.6) is 5.75 Å². The van der Waals surface area contributed by atoms with Gasteiger partial charge in [-0.1, -0.05) is 40.9 Å². The largest absolute Gasteiger partial charge is 0.482 e. The molecular weight excluding hydrogens is 258 g/mol. The van der Waals surface area contributed by atoms with Gasteiger partial charge in [0, 0.05) is 5.02 Å². The van der Waals surface area contributed by atoms with Gasteiger partial charge in [0.05, 0.1) is 12.2 Å². The van der Waals surface area contributed by atoms with Gasteiger partial charge < -0.3 is 10.1 Å². The topological polar surface area (TPSA) is 21.3 Å². The van der Waals surface area contributed by atoms with E-state index < -0.39 is 0 Å². The molecule has 0 aliphatic carbocycles. The summed E-state index contributed by atoms with van der Waals surface area (Å²) in [6.45, 7) is 4.98. The van der Waals surface area contributed by atoms with Crippen LogP contribution in [-0.4, -0.2) is 6.54 Å². The Balaban J connectivity index is 1.91. The molecule has 0 amide bonds. The quantitative estimate of drug-likeness (QED) is 0.826. The monoisotopic (exact) mass is 273 g/mol. The zero-order valence-electron chi connectivity index (χ0n) is 11.0. The van der Waals surface area contributed by atoms with E-state index in [0.29, 0.717) is 0 Å². The molecule has 2 nitrogen and oxygen atoms in total. The van der Waals surface area contributed by atoms with Gasteiger partial charge in [-0.05, 0) is 37.6 Å². The van der Waals surface area contributed by atoms with Gasteiger partial charge in [0.15, 0.2) is 0 Å². The summed E-state index contributed by atoms with van der Waals surface area (Å²) in [6, 6.07) is 12.2. The number of benzene rings is 2. The summed E-state index contributed by atoms with van der Waals surface area (Å²) >= 11 is 5.98. The number of ether oxygens (including phenoxy) is 1. The van der Waals surface area contributed by atoms with Gasteiger partial charge in [0.1, 0.15) is 11.9 Å². The Morgan fingerprint density at radius 1 is 1.11 bits per heavy atom. The zero-order chi connectivity index (χ0) is 13.4. The second-order valence-electron chi connectivity index (χ2n) is 5.05. The molecule has 1 aliphatic heterocycles. The minimum atomic E-state index is 0.0484. The van der Waals surface area contributed by atoms with Crippen LogP contribution < -0.4 is 10.1 Å². The number of hydrogen-bond donors (Lipinski definition) is 1. The van der Waals surface area contributed by atoms with Crippen LogP contribution in [0.25, 0.3) is 0 Å². The molecule has 2 aromatic carbocycles. The summed E-state index contributed by atoms with van der Waals surface area (Å²) in [4.78, 5) is 0. The minimum Gasteiger partial charge on any atom is -0.482 e. The van der Waals surface area contributed by atoms with Crippen molar-refractivity contribution in [2.45, 2.75) is 20.0 Å². The number of fused-ring (bicyclic) bond motifs is 1. The molecule has 0 radical (unpaired) electrons. The molecule has 1 heterocycles. The van der Waals surface area contributed by atoms with Gasteiger partial charge in [-0.25, -0.2) is 0 Å². The van der Waals surface area contributed by atoms with Crippen LogP contribution in [0.15, 0.2) is 36.4 Å². The van der Waals surface area contributed by atoms with Gasteiger partial charge in [0.2, 0.25) is 0 Å². The first-order valence-corrected chi connectivity index (χ1v) is 6.78. The number of anilines is 1. The van der Waals surface area contributed by atoms with E-state index in [1.54, 1.807) is 0 Å². The van der Waals surface area contributed by atoms with Crippen LogP contribution in [0.2, 0.25) is 5.02 Å². The second kappa shape index (κ2) is 4.78. The fraction of sp³-hybridized carbons (Fsp3) is 0.250. The Hall–Kier alpha value is -1.67. The van der Waals surface area contributed by atoms with Gasteiger partial charge in [-0.2, -0.15) is 0 Å². The highest BCUT2D eigenvalue weighted by atomic mass is 35.5. The maximum Gasteiger partial charge on any atom is 0.143 e. The van der Waals surface area contributed by atoms with E-state index in [1.165, 1.54) is 16.7 Å². The number of hydrogen-bond acceptors (Lipinski definition) is 2. The van der Waals surface area contributed by atoms with Crippen molar-refractivity contribution in [2.24, 2.45) is 0 Å². The van der Waals surface area contributed by atoms with E-state index in [2.05, 4.69) is 37.4 Å². The molecule has 1 aliphatic rings. The molecule has 19 heavy (non-hydrogen) atoms. The van der Waals surface area contributed by atoms with Crippen molar-refractivity contribution in [3.8, 4) is 5.75 Å². The maximum absolute atomic E-state index is 6.06. The van der Waals surface area contributed by atoms with Gasteiger partial charge in [0.25, 0.3) is 0 Å². The predicted molar refractivity (Wildman–Crippen MR) is 79.2 cm³/mol. The highest BCUT2D eigenvalue weighted by Crippen LogP contribution is 2.36. The number of nitrogens with one attached hydrogen (secondary N) is 1. The summed E-state index contributed by atoms with van der Waals surface area (Å²) in [7, 11) is 0. The summed E-state index contributed by atoms with van der Waals surface area (Å²) in [6.07, 6.45) is 0.0484. The molecule has 0 saturated carbocycles. The van der Waals surface area contributed by atoms with Crippen LogP contribution in [0.1, 0.15) is 22.8 Å². The lowest BCUT2D eigenvalue weighted by Gasteiger charge is -2.28. The molecule has 2 aromatic rings. The fourth-order valence-electron chi connectivity index (χ4n) is 2.52. The third kappa shape index (κ3) is 2.54. The van der Waals surface area contributed by atoms with Crippen molar-refractivity contribution in [1.82, 2.24) is 0 Å². The number of rotatable bonds is 1. The van der Waals surface area contributed by atoms with Gasteiger partial charge >= 0.3 is 0 Å². The number of halogens is 1. The van der Waals surface area contributed by atoms with E-state index in [1.807, 2.05) is 18.2 Å². The van der Waals surface area contributed by atoms with E-state index >= 15 is 0 Å². The Kier molecular flexibility index (Phi) is 3.11. The first-order chi connectivity index (χ1) is 9.11. The van der Waals surface area contributed by atoms with Gasteiger partial charge in [-0.3, -0.25) is 0 Å². The standard InChI is InChI=1S/C16H16ClNO/c1-10-5-11(2)7-12(6-10)16-9-18-14-8-13(17)3-4-15(14)19-16/h3-8,16,18H,9H2,1-2H3. The Morgan fingerprint density at radius 3 is 2.58 bits per heavy atom. The van der Waals surface area contributed by atoms with Crippen molar-refractivity contribution in [3.05, 3.63) is 58.1 Å². The average molecular weight is 274 g/mol. The second-order valence-corrected chi connectivity index (χ2v) is 5.49. The van der Waals surface area contributed by atoms with Crippen LogP contribution >= 0.6 is 11.6 Å². The molecule has 0 saturated heterocycles. The summed E-state index contributed by atoms with van der Waals surface area (Å²) < 4.78 is 6.06. The van der Waals surface area contributed by atoms with E-state index in [4.69, 9.17) is 16.3 Å². The molecule has 1 unspecified atom stereocenters. The molecule has 1 N–H and O–H groups in total. The maximum atomic E-state index is 6.06. The average Bonchev–Trinajstić information content (AvgIpc) is 2.37. The normalized spacial score (nSPS) is 17.3. The lowest BCUT2D eigenvalue weighted by Crippen LogP contribution is -2.23. The highest BCUT2D eigenvalue weighted by Gasteiger charge is 2.21. The van der Waals surface area contributed by atoms with Crippen molar-refractivity contribution in [2.75, 3.05) is 11.9 Å². The van der Waals surface area contributed by atoms with E-state index in [0.717, 1.165) is 23.0 Å². The SMILES string of the molecule is Cc1cc(C)cc(C2CNc3cc(Cl)ccc3O2)c1. The molecule has 0 bridgehead atoms. The molecule has 0 fully saturated rings. The van der Waals surface area contributed by atoms with E-state index in [9.17, 15) is 0 Å². The summed E-state index contributed by atoms with van der Waals surface area (Å²) in [5.41, 5.74) is 4.71. The zero-order valence-corrected chi connectivity index (χ0v) is 11.8. The van der Waals surface area contributed by atoms with Gasteiger partial charge in [-0.15, -0.1) is 0 Å². The third-order valence-electron chi connectivity index (χ3n) is 3.30. The third-order valence-corrected chi connectivity index (χ3v) is 3.54. The lowest BCUT2D eigenvalue weighted by molar-refractivity contribution is 0.210. The van der Waals surface area contributed by atoms with Crippen molar-refractivity contribution in [3.63, 3.8) is 0 Å².